The summed E-state index contributed by atoms with van der Waals surface area (Å²) in [7, 11) is 0. The van der Waals surface area contributed by atoms with Gasteiger partial charge >= 0.3 is 12.0 Å². The molecule has 0 aliphatic heterocycles. The Bertz CT molecular complexity index is 480. The number of rotatable bonds is 5. The Morgan fingerprint density at radius 2 is 2.05 bits per heavy atom. The van der Waals surface area contributed by atoms with Crippen molar-refractivity contribution in [3.05, 3.63) is 29.8 Å². The third kappa shape index (κ3) is 4.90. The van der Waals surface area contributed by atoms with Crippen molar-refractivity contribution in [3.8, 4) is 0 Å². The number of benzene rings is 1. The molecule has 0 spiro atoms. The van der Waals surface area contributed by atoms with Gasteiger partial charge in [-0.25, -0.2) is 13.6 Å². The van der Waals surface area contributed by atoms with Crippen LogP contribution in [-0.2, 0) is 4.79 Å². The molecule has 0 aromatic heterocycles. The number of hydrogen-bond acceptors (Lipinski definition) is 2. The van der Waals surface area contributed by atoms with Gasteiger partial charge in [-0.1, -0.05) is 6.92 Å². The smallest absolute Gasteiger partial charge is 0.319 e. The highest BCUT2D eigenvalue weighted by Crippen LogP contribution is 2.14. The molecule has 104 valence electrons. The molecule has 3 N–H and O–H groups in total. The summed E-state index contributed by atoms with van der Waals surface area (Å²) in [5.74, 6) is -2.98. The Morgan fingerprint density at radius 1 is 1.37 bits per heavy atom. The molecule has 0 radical (unpaired) electrons. The van der Waals surface area contributed by atoms with Crippen LogP contribution >= 0.6 is 0 Å². The second-order valence-corrected chi connectivity index (χ2v) is 4.03. The lowest BCUT2D eigenvalue weighted by atomic mass is 10.1. The summed E-state index contributed by atoms with van der Waals surface area (Å²) >= 11 is 0. The molecule has 0 saturated carbocycles. The van der Waals surface area contributed by atoms with Crippen molar-refractivity contribution in [1.29, 1.82) is 0 Å². The maximum Gasteiger partial charge on any atom is 0.319 e. The molecule has 0 fully saturated rings. The van der Waals surface area contributed by atoms with Crippen molar-refractivity contribution < 1.29 is 23.5 Å². The minimum Gasteiger partial charge on any atom is -0.481 e. The Labute approximate surface area is 108 Å². The zero-order chi connectivity index (χ0) is 14.4. The molecule has 2 amide bonds. The topological polar surface area (TPSA) is 78.4 Å². The number of halogens is 2. The number of amides is 2. The number of urea groups is 1. The number of nitrogens with one attached hydrogen (secondary N) is 2. The normalized spacial score (nSPS) is 11.7. The zero-order valence-corrected chi connectivity index (χ0v) is 10.2. The molecular weight excluding hydrogens is 258 g/mol. The summed E-state index contributed by atoms with van der Waals surface area (Å²) in [6, 6.07) is 1.97. The van der Waals surface area contributed by atoms with E-state index >= 15 is 0 Å². The van der Waals surface area contributed by atoms with Crippen LogP contribution in [0.4, 0.5) is 19.3 Å². The van der Waals surface area contributed by atoms with Crippen molar-refractivity contribution in [1.82, 2.24) is 5.32 Å². The maximum absolute atomic E-state index is 13.2. The van der Waals surface area contributed by atoms with E-state index in [4.69, 9.17) is 5.11 Å². The molecule has 0 saturated heterocycles. The van der Waals surface area contributed by atoms with Gasteiger partial charge in [0, 0.05) is 12.6 Å². The van der Waals surface area contributed by atoms with E-state index in [0.717, 1.165) is 18.2 Å². The standard InChI is InChI=1S/C12H14F2N2O3/c1-7(11(17)18)4-5-15-12(19)16-10-6-8(13)2-3-9(10)14/h2-3,6-7H,4-5H2,1H3,(H,17,18)(H2,15,16,19). The molecule has 1 aromatic carbocycles. The Morgan fingerprint density at radius 3 is 2.68 bits per heavy atom. The monoisotopic (exact) mass is 272 g/mol. The maximum atomic E-state index is 13.2. The minimum atomic E-state index is -0.960. The Kier molecular flexibility index (Phi) is 5.23. The summed E-state index contributed by atoms with van der Waals surface area (Å²) in [5, 5.41) is 13.1. The van der Waals surface area contributed by atoms with E-state index in [1.165, 1.54) is 6.92 Å². The van der Waals surface area contributed by atoms with Crippen molar-refractivity contribution in [3.63, 3.8) is 0 Å². The fraction of sp³-hybridized carbons (Fsp3) is 0.333. The van der Waals surface area contributed by atoms with Crippen molar-refractivity contribution in [2.24, 2.45) is 5.92 Å². The first-order valence-electron chi connectivity index (χ1n) is 5.63. The lowest BCUT2D eigenvalue weighted by Gasteiger charge is -2.10. The molecule has 0 aliphatic rings. The van der Waals surface area contributed by atoms with Crippen LogP contribution in [0.1, 0.15) is 13.3 Å². The van der Waals surface area contributed by atoms with E-state index in [-0.39, 0.29) is 18.7 Å². The highest BCUT2D eigenvalue weighted by Gasteiger charge is 2.11. The van der Waals surface area contributed by atoms with Gasteiger partial charge in [-0.3, -0.25) is 4.79 Å². The van der Waals surface area contributed by atoms with Crippen LogP contribution in [0.2, 0.25) is 0 Å². The molecule has 5 nitrogen and oxygen atoms in total. The molecule has 1 unspecified atom stereocenters. The quantitative estimate of drug-likeness (QED) is 0.768. The number of carboxylic acid groups (broad SMARTS) is 1. The van der Waals surface area contributed by atoms with Gasteiger partial charge in [-0.2, -0.15) is 0 Å². The second-order valence-electron chi connectivity index (χ2n) is 4.03. The molecule has 0 aliphatic carbocycles. The average molecular weight is 272 g/mol. The predicted molar refractivity (Wildman–Crippen MR) is 64.8 cm³/mol. The van der Waals surface area contributed by atoms with Gasteiger partial charge in [0.1, 0.15) is 11.6 Å². The number of aliphatic carboxylic acids is 1. The highest BCUT2D eigenvalue weighted by molar-refractivity contribution is 5.89. The van der Waals surface area contributed by atoms with Gasteiger partial charge in [-0.05, 0) is 18.6 Å². The van der Waals surface area contributed by atoms with Gasteiger partial charge < -0.3 is 15.7 Å². The number of carboxylic acids is 1. The predicted octanol–water partition coefficient (Wildman–Crippen LogP) is 2.20. The van der Waals surface area contributed by atoms with Crippen molar-refractivity contribution in [2.45, 2.75) is 13.3 Å². The first kappa shape index (κ1) is 14.9. The zero-order valence-electron chi connectivity index (χ0n) is 10.2. The van der Waals surface area contributed by atoms with Crippen LogP contribution in [-0.4, -0.2) is 23.7 Å². The van der Waals surface area contributed by atoms with Crippen LogP contribution < -0.4 is 10.6 Å². The molecule has 0 heterocycles. The first-order chi connectivity index (χ1) is 8.90. The average Bonchev–Trinajstić information content (AvgIpc) is 2.33. The third-order valence-corrected chi connectivity index (χ3v) is 2.46. The SMILES string of the molecule is CC(CCNC(=O)Nc1cc(F)ccc1F)C(=O)O. The number of carbonyl (C=O) groups excluding carboxylic acids is 1. The Balaban J connectivity index is 2.43. The molecule has 1 atom stereocenters. The number of carbonyl (C=O) groups is 2. The van der Waals surface area contributed by atoms with Crippen LogP contribution in [0, 0.1) is 17.6 Å². The molecule has 1 rings (SSSR count). The van der Waals surface area contributed by atoms with E-state index in [2.05, 4.69) is 10.6 Å². The number of hydrogen-bond donors (Lipinski definition) is 3. The molecule has 0 bridgehead atoms. The van der Waals surface area contributed by atoms with Crippen molar-refractivity contribution >= 4 is 17.7 Å². The minimum absolute atomic E-state index is 0.121. The fourth-order valence-electron chi connectivity index (χ4n) is 1.29. The van der Waals surface area contributed by atoms with Crippen LogP contribution in [0.15, 0.2) is 18.2 Å². The lowest BCUT2D eigenvalue weighted by Crippen LogP contribution is -2.31. The largest absolute Gasteiger partial charge is 0.481 e. The second kappa shape index (κ2) is 6.67. The van der Waals surface area contributed by atoms with Crippen LogP contribution in [0.25, 0.3) is 0 Å². The van der Waals surface area contributed by atoms with E-state index in [9.17, 15) is 18.4 Å². The number of anilines is 1. The summed E-state index contributed by atoms with van der Waals surface area (Å²) in [4.78, 5) is 21.9. The van der Waals surface area contributed by atoms with Gasteiger partial charge in [0.15, 0.2) is 0 Å². The first-order valence-corrected chi connectivity index (χ1v) is 5.63. The summed E-state index contributed by atoms with van der Waals surface area (Å²) in [6.07, 6.45) is 0.244. The van der Waals surface area contributed by atoms with Gasteiger partial charge in [0.05, 0.1) is 11.6 Å². The van der Waals surface area contributed by atoms with Gasteiger partial charge in [-0.15, -0.1) is 0 Å². The van der Waals surface area contributed by atoms with E-state index in [0.29, 0.717) is 0 Å². The lowest BCUT2D eigenvalue weighted by molar-refractivity contribution is -0.141. The van der Waals surface area contributed by atoms with Crippen LogP contribution in [0.3, 0.4) is 0 Å². The van der Waals surface area contributed by atoms with Crippen molar-refractivity contribution in [2.75, 3.05) is 11.9 Å². The Hall–Kier alpha value is -2.18. The third-order valence-electron chi connectivity index (χ3n) is 2.46. The van der Waals surface area contributed by atoms with E-state index < -0.39 is 29.6 Å². The highest BCUT2D eigenvalue weighted by atomic mass is 19.1. The summed E-state index contributed by atoms with van der Waals surface area (Å²) in [6.45, 7) is 1.63. The molecule has 7 heteroatoms. The fourth-order valence-corrected chi connectivity index (χ4v) is 1.29. The van der Waals surface area contributed by atoms with Gasteiger partial charge in [0.25, 0.3) is 0 Å². The van der Waals surface area contributed by atoms with E-state index in [1.54, 1.807) is 0 Å². The molecule has 19 heavy (non-hydrogen) atoms. The van der Waals surface area contributed by atoms with E-state index in [1.807, 2.05) is 0 Å². The molecule has 1 aromatic rings. The summed E-state index contributed by atoms with van der Waals surface area (Å²) in [5.41, 5.74) is -0.274. The summed E-state index contributed by atoms with van der Waals surface area (Å²) < 4.78 is 26.0. The van der Waals surface area contributed by atoms with Crippen LogP contribution in [0.5, 0.6) is 0 Å². The molecular formula is C12H14F2N2O3. The van der Waals surface area contributed by atoms with Gasteiger partial charge in [0.2, 0.25) is 0 Å².